The number of nitrogens with one attached hydrogen (secondary N) is 1. The van der Waals surface area contributed by atoms with Gasteiger partial charge in [-0.25, -0.2) is 0 Å². The van der Waals surface area contributed by atoms with Gasteiger partial charge in [-0.3, -0.25) is 9.59 Å². The van der Waals surface area contributed by atoms with Crippen LogP contribution in [0.25, 0.3) is 0 Å². The predicted octanol–water partition coefficient (Wildman–Crippen LogP) is 24.0. The van der Waals surface area contributed by atoms with Gasteiger partial charge in [0.05, 0.1) is 25.4 Å². The summed E-state index contributed by atoms with van der Waals surface area (Å²) in [5, 5.41) is 23.0. The molecule has 0 rings (SSSR count). The van der Waals surface area contributed by atoms with Crippen LogP contribution in [0.15, 0.2) is 48.6 Å². The number of amides is 1. The quantitative estimate of drug-likeness (QED) is 0.0320. The van der Waals surface area contributed by atoms with E-state index in [1.54, 1.807) is 6.08 Å². The highest BCUT2D eigenvalue weighted by atomic mass is 16.5. The SMILES string of the molecule is CCCCCCCCC/C=C\CCCCCCCCCC(=O)OCCCCCCCCCCCCCCC/C=C\C/C=C\CCCCCCCCCCCCCCCCCCCC(=O)NC(CO)C(O)/C=C/CCCCCCCCCC. The van der Waals surface area contributed by atoms with Gasteiger partial charge in [-0.1, -0.05) is 345 Å². The third-order valence-corrected chi connectivity index (χ3v) is 17.1. The average Bonchev–Trinajstić information content (AvgIpc) is 3.48. The lowest BCUT2D eigenvalue weighted by atomic mass is 10.0. The summed E-state index contributed by atoms with van der Waals surface area (Å²) >= 11 is 0. The van der Waals surface area contributed by atoms with Crippen molar-refractivity contribution in [2.24, 2.45) is 0 Å². The number of esters is 1. The lowest BCUT2D eigenvalue weighted by molar-refractivity contribution is -0.143. The molecular formula is C76H143NO5. The summed E-state index contributed by atoms with van der Waals surface area (Å²) < 4.78 is 5.51. The second kappa shape index (κ2) is 71.3. The molecule has 0 aromatic rings. The monoisotopic (exact) mass is 1150 g/mol. The number of ether oxygens (including phenoxy) is 1. The molecule has 0 saturated carbocycles. The van der Waals surface area contributed by atoms with E-state index in [2.05, 4.69) is 55.6 Å². The number of unbranched alkanes of at least 4 members (excludes halogenated alkanes) is 52. The minimum Gasteiger partial charge on any atom is -0.466 e. The smallest absolute Gasteiger partial charge is 0.305 e. The molecule has 0 fully saturated rings. The first-order valence-corrected chi connectivity index (χ1v) is 36.9. The molecule has 0 aromatic heterocycles. The van der Waals surface area contributed by atoms with E-state index in [4.69, 9.17) is 4.74 Å². The van der Waals surface area contributed by atoms with Crippen molar-refractivity contribution in [3.05, 3.63) is 48.6 Å². The first kappa shape index (κ1) is 79.8. The predicted molar refractivity (Wildman–Crippen MR) is 361 cm³/mol. The van der Waals surface area contributed by atoms with Crippen LogP contribution in [0.5, 0.6) is 0 Å². The Morgan fingerprint density at radius 3 is 0.939 bits per heavy atom. The molecule has 0 aliphatic carbocycles. The van der Waals surface area contributed by atoms with Crippen molar-refractivity contribution in [3.8, 4) is 0 Å². The Morgan fingerprint density at radius 1 is 0.341 bits per heavy atom. The maximum absolute atomic E-state index is 12.4. The summed E-state index contributed by atoms with van der Waals surface area (Å²) in [5.74, 6) is -0.0503. The number of carbonyl (C=O) groups excluding carboxylic acids is 2. The van der Waals surface area contributed by atoms with Crippen molar-refractivity contribution in [3.63, 3.8) is 0 Å². The van der Waals surface area contributed by atoms with Crippen molar-refractivity contribution in [2.75, 3.05) is 13.2 Å². The Balaban J connectivity index is 3.34. The van der Waals surface area contributed by atoms with Crippen LogP contribution >= 0.6 is 0 Å². The standard InChI is InChI=1S/C76H143NO5/c1-3-5-7-9-11-13-15-16-17-18-41-44-47-50-54-58-62-66-70-76(81)82-71-67-63-59-55-51-48-45-42-39-37-35-33-31-29-27-25-23-21-19-20-22-24-26-28-30-32-34-36-38-40-43-46-49-53-57-61-65-69-75(80)77-73(72-78)74(79)68-64-60-56-52-14-12-10-8-6-4-2/h17-19,21,25,27,64,68,73-74,78-79H,3-16,20,22-24,26,28-63,65-67,69-72H2,1-2H3,(H,77,80)/b18-17-,21-19-,27-25-,68-64+. The van der Waals surface area contributed by atoms with E-state index in [1.807, 2.05) is 6.08 Å². The maximum atomic E-state index is 12.4. The molecule has 0 aliphatic heterocycles. The fourth-order valence-electron chi connectivity index (χ4n) is 11.4. The van der Waals surface area contributed by atoms with E-state index in [9.17, 15) is 19.8 Å². The topological polar surface area (TPSA) is 95.9 Å². The van der Waals surface area contributed by atoms with Gasteiger partial charge < -0.3 is 20.3 Å². The van der Waals surface area contributed by atoms with Crippen molar-refractivity contribution < 1.29 is 24.5 Å². The normalized spacial score (nSPS) is 12.8. The molecule has 0 heterocycles. The van der Waals surface area contributed by atoms with E-state index < -0.39 is 12.1 Å². The number of allylic oxidation sites excluding steroid dienone is 7. The Kier molecular flexibility index (Phi) is 69.4. The van der Waals surface area contributed by atoms with E-state index in [-0.39, 0.29) is 18.5 Å². The highest BCUT2D eigenvalue weighted by Crippen LogP contribution is 2.18. The Morgan fingerprint density at radius 2 is 0.610 bits per heavy atom. The van der Waals surface area contributed by atoms with Crippen LogP contribution in [0.1, 0.15) is 399 Å². The highest BCUT2D eigenvalue weighted by Gasteiger charge is 2.18. The minimum absolute atomic E-state index is 0.0158. The summed E-state index contributed by atoms with van der Waals surface area (Å²) in [6.45, 7) is 4.91. The third kappa shape index (κ3) is 67.0. The van der Waals surface area contributed by atoms with Crippen LogP contribution in [0.3, 0.4) is 0 Å². The summed E-state index contributed by atoms with van der Waals surface area (Å²) in [6.07, 6.45) is 93.7. The summed E-state index contributed by atoms with van der Waals surface area (Å²) in [6, 6.07) is -0.624. The number of carbonyl (C=O) groups is 2. The van der Waals surface area contributed by atoms with Crippen LogP contribution in [-0.2, 0) is 14.3 Å². The number of hydrogen-bond donors (Lipinski definition) is 3. The first-order chi connectivity index (χ1) is 40.5. The number of hydrogen-bond acceptors (Lipinski definition) is 5. The van der Waals surface area contributed by atoms with Crippen molar-refractivity contribution >= 4 is 11.9 Å². The molecule has 2 atom stereocenters. The minimum atomic E-state index is -0.841. The highest BCUT2D eigenvalue weighted by molar-refractivity contribution is 5.76. The molecule has 0 radical (unpaired) electrons. The molecule has 0 bridgehead atoms. The van der Waals surface area contributed by atoms with Gasteiger partial charge in [0.2, 0.25) is 5.91 Å². The van der Waals surface area contributed by atoms with Crippen molar-refractivity contribution in [2.45, 2.75) is 411 Å². The Bertz CT molecular complexity index is 1370. The molecule has 482 valence electrons. The fourth-order valence-corrected chi connectivity index (χ4v) is 11.4. The third-order valence-electron chi connectivity index (χ3n) is 17.1. The Labute approximate surface area is 512 Å². The van der Waals surface area contributed by atoms with Gasteiger partial charge in [0.15, 0.2) is 0 Å². The second-order valence-corrected chi connectivity index (χ2v) is 25.3. The van der Waals surface area contributed by atoms with Gasteiger partial charge in [-0.05, 0) is 89.9 Å². The van der Waals surface area contributed by atoms with Crippen LogP contribution in [0.2, 0.25) is 0 Å². The molecule has 0 aromatic carbocycles. The maximum Gasteiger partial charge on any atom is 0.305 e. The van der Waals surface area contributed by atoms with Gasteiger partial charge in [-0.2, -0.15) is 0 Å². The van der Waals surface area contributed by atoms with Crippen LogP contribution in [0, 0.1) is 0 Å². The van der Waals surface area contributed by atoms with Crippen LogP contribution < -0.4 is 5.32 Å². The molecular weight excluding hydrogens is 1010 g/mol. The molecule has 0 spiro atoms. The summed E-state index contributed by atoms with van der Waals surface area (Å²) in [5.41, 5.74) is 0. The van der Waals surface area contributed by atoms with Gasteiger partial charge in [0.1, 0.15) is 0 Å². The number of rotatable bonds is 69. The Hall–Kier alpha value is -2.18. The zero-order valence-corrected chi connectivity index (χ0v) is 55.2. The molecule has 0 aliphatic rings. The first-order valence-electron chi connectivity index (χ1n) is 36.9. The van der Waals surface area contributed by atoms with Crippen molar-refractivity contribution in [1.82, 2.24) is 5.32 Å². The summed E-state index contributed by atoms with van der Waals surface area (Å²) in [4.78, 5) is 24.5. The average molecular weight is 1150 g/mol. The molecule has 1 amide bonds. The lowest BCUT2D eigenvalue weighted by Crippen LogP contribution is -2.45. The van der Waals surface area contributed by atoms with E-state index in [0.29, 0.717) is 19.4 Å². The molecule has 6 heteroatoms. The van der Waals surface area contributed by atoms with Gasteiger partial charge in [0.25, 0.3) is 0 Å². The van der Waals surface area contributed by atoms with Gasteiger partial charge >= 0.3 is 5.97 Å². The van der Waals surface area contributed by atoms with Crippen LogP contribution in [0.4, 0.5) is 0 Å². The largest absolute Gasteiger partial charge is 0.466 e. The van der Waals surface area contributed by atoms with E-state index in [0.717, 1.165) is 51.4 Å². The van der Waals surface area contributed by atoms with Gasteiger partial charge in [-0.15, -0.1) is 0 Å². The molecule has 6 nitrogen and oxygen atoms in total. The van der Waals surface area contributed by atoms with Crippen LogP contribution in [-0.4, -0.2) is 47.4 Å². The number of aliphatic hydroxyl groups is 2. The molecule has 3 N–H and O–H groups in total. The van der Waals surface area contributed by atoms with Crippen molar-refractivity contribution in [1.29, 1.82) is 0 Å². The van der Waals surface area contributed by atoms with E-state index in [1.165, 1.54) is 321 Å². The molecule has 82 heavy (non-hydrogen) atoms. The fraction of sp³-hybridized carbons (Fsp3) is 0.868. The summed E-state index contributed by atoms with van der Waals surface area (Å²) in [7, 11) is 0. The van der Waals surface area contributed by atoms with E-state index >= 15 is 0 Å². The number of aliphatic hydroxyl groups excluding tert-OH is 2. The molecule has 2 unspecified atom stereocenters. The van der Waals surface area contributed by atoms with Gasteiger partial charge in [0, 0.05) is 12.8 Å². The second-order valence-electron chi connectivity index (χ2n) is 25.3. The molecule has 0 saturated heterocycles. The lowest BCUT2D eigenvalue weighted by Gasteiger charge is -2.20. The zero-order valence-electron chi connectivity index (χ0n) is 55.2. The zero-order chi connectivity index (χ0) is 59.2.